The van der Waals surface area contributed by atoms with Gasteiger partial charge in [-0.25, -0.2) is 29.9 Å². The lowest BCUT2D eigenvalue weighted by Gasteiger charge is -2.40. The van der Waals surface area contributed by atoms with Crippen molar-refractivity contribution in [1.29, 1.82) is 0 Å². The van der Waals surface area contributed by atoms with Crippen LogP contribution in [0.25, 0.3) is 239 Å². The van der Waals surface area contributed by atoms with E-state index in [0.717, 1.165) is 222 Å². The molecule has 0 amide bonds. The van der Waals surface area contributed by atoms with Gasteiger partial charge < -0.3 is 0 Å². The third-order valence-electron chi connectivity index (χ3n) is 28.2. The zero-order valence-corrected chi connectivity index (χ0v) is 79.0. The highest BCUT2D eigenvalue weighted by molar-refractivity contribution is 6.00. The van der Waals surface area contributed by atoms with Crippen LogP contribution in [-0.2, 0) is 0 Å². The van der Waals surface area contributed by atoms with Crippen LogP contribution in [0.5, 0.6) is 0 Å². The van der Waals surface area contributed by atoms with Gasteiger partial charge in [-0.1, -0.05) is 370 Å². The van der Waals surface area contributed by atoms with E-state index in [1.165, 1.54) is 27.7 Å². The van der Waals surface area contributed by atoms with Gasteiger partial charge in [-0.2, -0.15) is 0 Å². The van der Waals surface area contributed by atoms with Gasteiger partial charge in [0.25, 0.3) is 0 Å². The summed E-state index contributed by atoms with van der Waals surface area (Å²) in [6, 6.07) is 146. The zero-order chi connectivity index (χ0) is 96.7. The van der Waals surface area contributed by atoms with Crippen molar-refractivity contribution in [3.63, 3.8) is 0 Å². The number of hydrogen-bond acceptors (Lipinski definition) is 12. The molecule has 682 valence electrons. The van der Waals surface area contributed by atoms with E-state index in [-0.39, 0.29) is 5.92 Å². The fraction of sp³-hybridized carbons (Fsp3) is 0.0149. The largest absolute Gasteiger partial charge is 0.256 e. The molecule has 0 N–H and O–H groups in total. The van der Waals surface area contributed by atoms with Crippen LogP contribution in [0, 0.1) is 11.8 Å². The van der Waals surface area contributed by atoms with Crippen molar-refractivity contribution in [3.8, 4) is 157 Å². The van der Waals surface area contributed by atoms with Crippen molar-refractivity contribution in [3.05, 3.63) is 538 Å². The zero-order valence-electron chi connectivity index (χ0n) is 79.0. The minimum Gasteiger partial charge on any atom is -0.256 e. The Labute approximate surface area is 843 Å². The molecule has 0 radical (unpaired) electrons. The maximum Gasteiger partial charge on any atom is 0.160 e. The quantitative estimate of drug-likeness (QED) is 0.0959. The first kappa shape index (κ1) is 86.8. The lowest BCUT2D eigenvalue weighted by molar-refractivity contribution is 0.566. The molecule has 4 aliphatic carbocycles. The summed E-state index contributed by atoms with van der Waals surface area (Å²) < 4.78 is 0. The molecule has 2 unspecified atom stereocenters. The summed E-state index contributed by atoms with van der Waals surface area (Å²) in [4.78, 5) is 58.2. The summed E-state index contributed by atoms with van der Waals surface area (Å²) in [5, 5.41) is 9.11. The number of aromatic nitrogens is 12. The van der Waals surface area contributed by atoms with Crippen LogP contribution in [0.3, 0.4) is 0 Å². The standard InChI is InChI=1S/C50H32N4.C44H28N4.C40H26N4/c1-6-34-20-21-36-24-26-42(43-27-25-35(7-1)46(34)47(36)43)45-30-44(33-18-14-31(15-19-33)40-12-2-8-37-10-4-28-51-48(37)40)53-50(54-45)39-22-16-32(17-23-39)41-13-3-9-38-11-5-29-52-49(38)41;1-2-10-38-31(6-1)7-3-11-39(38)43-28-42(32-16-12-29(13-17-32)34-20-22-40-36(26-34)8-4-24-45-40)47-44(48-43)33-18-14-30(15-19-33)35-21-23-41-37(27-35)9-5-25-46-41;1-2-6-29(7-3-1)38-26-39(30-14-10-27(11-15-30)32-18-20-36-34(24-32)8-4-22-41-36)44-40(43-38)31-16-12-28(13-17-31)33-19-21-37-35(25-33)9-5-23-42-37/h1-30,46-47H;1-28H;1-26H. The van der Waals surface area contributed by atoms with E-state index in [1.807, 2.05) is 91.8 Å². The number of fused-ring (bicyclic) bond motifs is 7. The Bertz CT molecular complexity index is 9080. The maximum atomic E-state index is 5.32. The first-order chi connectivity index (χ1) is 72.3. The minimum atomic E-state index is 0.259. The summed E-state index contributed by atoms with van der Waals surface area (Å²) in [5.41, 5.74) is 39.6. The third-order valence-corrected chi connectivity index (χ3v) is 28.2. The van der Waals surface area contributed by atoms with E-state index >= 15 is 0 Å². The predicted molar refractivity (Wildman–Crippen MR) is 597 cm³/mol. The van der Waals surface area contributed by atoms with Crippen molar-refractivity contribution >= 4 is 81.8 Å². The number of pyridine rings is 6. The number of rotatable bonds is 15. The maximum absolute atomic E-state index is 5.32. The second-order valence-corrected chi connectivity index (χ2v) is 37.0. The van der Waals surface area contributed by atoms with Crippen molar-refractivity contribution in [1.82, 2.24) is 59.8 Å². The van der Waals surface area contributed by atoms with Crippen molar-refractivity contribution in [2.45, 2.75) is 0 Å². The van der Waals surface area contributed by atoms with E-state index in [0.29, 0.717) is 23.4 Å². The van der Waals surface area contributed by atoms with Gasteiger partial charge in [-0.05, 0) is 192 Å². The van der Waals surface area contributed by atoms with E-state index in [4.69, 9.17) is 39.9 Å². The molecule has 28 rings (SSSR count). The molecular formula is C134H86N12. The van der Waals surface area contributed by atoms with Gasteiger partial charge in [0.2, 0.25) is 0 Å². The fourth-order valence-corrected chi connectivity index (χ4v) is 20.7. The molecule has 9 heterocycles. The highest BCUT2D eigenvalue weighted by Gasteiger charge is 2.39. The number of hydrogen-bond donors (Lipinski definition) is 0. The molecule has 0 saturated carbocycles. The highest BCUT2D eigenvalue weighted by atomic mass is 14.9. The normalized spacial score (nSPS) is 13.8. The first-order valence-electron chi connectivity index (χ1n) is 49.1. The fourth-order valence-electron chi connectivity index (χ4n) is 20.7. The SMILES string of the molecule is C1=CC2=CC=C3C=CC(c4cc(-c5ccc(-c6cccc7cccnc67)cc5)nc(-c5ccc(-c6cccc7cccnc67)cc5)n4)=C4C=CC(=C1)C2C34.c1ccc(-c2cc(-c3ccc(-c4ccc5ncccc5c4)cc3)nc(-c3ccc(-c4ccc5ncccc5c4)cc3)n2)cc1.c1cnc2ccc(-c3ccc(-c4cc(-c5cccc6ccccc56)nc(-c5ccc(-c6ccc7ncccc7c6)cc5)n4)cc3)cc2c1. The van der Waals surface area contributed by atoms with Crippen LogP contribution < -0.4 is 0 Å². The van der Waals surface area contributed by atoms with Gasteiger partial charge in [0.05, 0.1) is 67.3 Å². The molecular weight excluding hydrogens is 1780 g/mol. The number of para-hydroxylation sites is 2. The highest BCUT2D eigenvalue weighted by Crippen LogP contribution is 2.52. The van der Waals surface area contributed by atoms with E-state index < -0.39 is 0 Å². The monoisotopic (exact) mass is 1860 g/mol. The molecule has 0 saturated heterocycles. The van der Waals surface area contributed by atoms with Gasteiger partial charge in [0.15, 0.2) is 17.5 Å². The Morgan fingerprint density at radius 1 is 0.171 bits per heavy atom. The molecule has 9 aromatic heterocycles. The van der Waals surface area contributed by atoms with E-state index in [2.05, 4.69) is 439 Å². The molecule has 0 fully saturated rings. The van der Waals surface area contributed by atoms with Crippen molar-refractivity contribution < 1.29 is 0 Å². The molecule has 0 bridgehead atoms. The van der Waals surface area contributed by atoms with Gasteiger partial charge in [-0.3, -0.25) is 29.9 Å². The van der Waals surface area contributed by atoms with Gasteiger partial charge in [-0.15, -0.1) is 0 Å². The summed E-state index contributed by atoms with van der Waals surface area (Å²) in [6.07, 6.45) is 31.4. The van der Waals surface area contributed by atoms with Crippen LogP contribution in [0.2, 0.25) is 0 Å². The molecule has 12 heteroatoms. The molecule has 2 atom stereocenters. The van der Waals surface area contributed by atoms with Crippen LogP contribution in [0.1, 0.15) is 5.69 Å². The second-order valence-electron chi connectivity index (χ2n) is 37.0. The summed E-state index contributed by atoms with van der Waals surface area (Å²) >= 11 is 0. The number of benzene rings is 15. The van der Waals surface area contributed by atoms with Crippen LogP contribution in [0.4, 0.5) is 0 Å². The van der Waals surface area contributed by atoms with Crippen LogP contribution in [-0.4, -0.2) is 59.8 Å². The molecule has 0 aliphatic heterocycles. The lowest BCUT2D eigenvalue weighted by atomic mass is 9.63. The molecule has 12 nitrogen and oxygen atoms in total. The summed E-state index contributed by atoms with van der Waals surface area (Å²) in [5.74, 6) is 2.66. The van der Waals surface area contributed by atoms with Crippen molar-refractivity contribution in [2.75, 3.05) is 0 Å². The Morgan fingerprint density at radius 3 is 0.925 bits per heavy atom. The molecule has 0 spiro atoms. The second kappa shape index (κ2) is 37.9. The first-order valence-corrected chi connectivity index (χ1v) is 49.1. The molecule has 24 aromatic rings. The Morgan fingerprint density at radius 2 is 0.479 bits per heavy atom. The van der Waals surface area contributed by atoms with Gasteiger partial charge in [0, 0.05) is 143 Å². The molecule has 15 aromatic carbocycles. The average molecular weight is 1860 g/mol. The molecule has 4 aliphatic rings. The van der Waals surface area contributed by atoms with E-state index in [1.54, 1.807) is 0 Å². The van der Waals surface area contributed by atoms with Gasteiger partial charge >= 0.3 is 0 Å². The van der Waals surface area contributed by atoms with E-state index in [9.17, 15) is 0 Å². The Balaban J connectivity index is 0.000000112. The van der Waals surface area contributed by atoms with Crippen molar-refractivity contribution in [2.24, 2.45) is 11.8 Å². The summed E-state index contributed by atoms with van der Waals surface area (Å²) in [6.45, 7) is 0. The smallest absolute Gasteiger partial charge is 0.160 e. The lowest BCUT2D eigenvalue weighted by Crippen LogP contribution is -2.29. The predicted octanol–water partition coefficient (Wildman–Crippen LogP) is 32.7. The topological polar surface area (TPSA) is 155 Å². The molecule has 146 heavy (non-hydrogen) atoms. The summed E-state index contributed by atoms with van der Waals surface area (Å²) in [7, 11) is 0. The Hall–Kier alpha value is -19.6. The van der Waals surface area contributed by atoms with Gasteiger partial charge in [0.1, 0.15) is 0 Å². The third kappa shape index (κ3) is 17.2. The number of nitrogens with zero attached hydrogens (tertiary/aromatic N) is 12. The minimum absolute atomic E-state index is 0.259. The van der Waals surface area contributed by atoms with Crippen LogP contribution in [0.15, 0.2) is 533 Å². The number of allylic oxidation sites excluding steroid dienone is 14. The average Bonchev–Trinajstić information content (AvgIpc) is 0.729. The Kier molecular flexibility index (Phi) is 22.5. The van der Waals surface area contributed by atoms with Crippen LogP contribution >= 0.6 is 0 Å².